The van der Waals surface area contributed by atoms with Crippen LogP contribution in [0.4, 0.5) is 4.39 Å². The van der Waals surface area contributed by atoms with E-state index in [-0.39, 0.29) is 5.82 Å². The third-order valence-electron chi connectivity index (χ3n) is 4.09. The first-order valence-electron chi connectivity index (χ1n) is 8.19. The van der Waals surface area contributed by atoms with E-state index in [9.17, 15) is 4.39 Å². The molecular weight excluding hydrogens is 349 g/mol. The van der Waals surface area contributed by atoms with Crippen LogP contribution in [0.15, 0.2) is 79.1 Å². The number of halogens is 2. The number of aromatic nitrogens is 3. The Kier molecular flexibility index (Phi) is 4.50. The summed E-state index contributed by atoms with van der Waals surface area (Å²) < 4.78 is 15.2. The van der Waals surface area contributed by atoms with Gasteiger partial charge in [0.15, 0.2) is 0 Å². The monoisotopic (exact) mass is 363 g/mol. The molecule has 0 fully saturated rings. The average molecular weight is 364 g/mol. The van der Waals surface area contributed by atoms with Gasteiger partial charge in [-0.2, -0.15) is 0 Å². The third-order valence-corrected chi connectivity index (χ3v) is 4.34. The van der Waals surface area contributed by atoms with Gasteiger partial charge in [0.05, 0.1) is 5.69 Å². The van der Waals surface area contributed by atoms with Crippen LogP contribution in [0.2, 0.25) is 5.02 Å². The van der Waals surface area contributed by atoms with E-state index in [4.69, 9.17) is 16.6 Å². The van der Waals surface area contributed by atoms with Gasteiger partial charge in [0.25, 0.3) is 0 Å². The SMILES string of the molecule is Fc1ccc(Cc2nc(-c3ccccn3)cn2-c2ccc(Cl)cc2)cc1. The standard InChI is InChI=1S/C21H15ClFN3/c22-16-6-10-18(11-7-16)26-14-20(19-3-1-2-12-24-19)25-21(26)13-15-4-8-17(23)9-5-15/h1-12,14H,13H2. The van der Waals surface area contributed by atoms with Crippen molar-refractivity contribution in [2.75, 3.05) is 0 Å². The maximum atomic E-state index is 13.2. The Labute approximate surface area is 155 Å². The lowest BCUT2D eigenvalue weighted by molar-refractivity contribution is 0.627. The first-order chi connectivity index (χ1) is 12.7. The molecule has 128 valence electrons. The fraction of sp³-hybridized carbons (Fsp3) is 0.0476. The van der Waals surface area contributed by atoms with Gasteiger partial charge in [-0.05, 0) is 54.1 Å². The van der Waals surface area contributed by atoms with Crippen LogP contribution >= 0.6 is 11.6 Å². The number of hydrogen-bond acceptors (Lipinski definition) is 2. The van der Waals surface area contributed by atoms with Gasteiger partial charge in [0.2, 0.25) is 0 Å². The zero-order chi connectivity index (χ0) is 17.9. The Morgan fingerprint density at radius 3 is 2.35 bits per heavy atom. The molecule has 5 heteroatoms. The highest BCUT2D eigenvalue weighted by Crippen LogP contribution is 2.23. The molecule has 0 spiro atoms. The highest BCUT2D eigenvalue weighted by atomic mass is 35.5. The van der Waals surface area contributed by atoms with Crippen molar-refractivity contribution in [3.8, 4) is 17.1 Å². The van der Waals surface area contributed by atoms with Crippen LogP contribution in [-0.2, 0) is 6.42 Å². The molecule has 0 bridgehead atoms. The van der Waals surface area contributed by atoms with Gasteiger partial charge in [-0.3, -0.25) is 4.98 Å². The van der Waals surface area contributed by atoms with Crippen LogP contribution in [0.1, 0.15) is 11.4 Å². The normalized spacial score (nSPS) is 10.8. The quantitative estimate of drug-likeness (QED) is 0.491. The van der Waals surface area contributed by atoms with Gasteiger partial charge in [0, 0.05) is 29.5 Å². The molecule has 0 saturated carbocycles. The largest absolute Gasteiger partial charge is 0.303 e. The molecule has 0 aliphatic carbocycles. The molecule has 0 atom stereocenters. The van der Waals surface area contributed by atoms with E-state index < -0.39 is 0 Å². The van der Waals surface area contributed by atoms with Crippen molar-refractivity contribution in [1.29, 1.82) is 0 Å². The van der Waals surface area contributed by atoms with Crippen molar-refractivity contribution < 1.29 is 4.39 Å². The molecule has 0 radical (unpaired) electrons. The lowest BCUT2D eigenvalue weighted by Crippen LogP contribution is -2.01. The van der Waals surface area contributed by atoms with Gasteiger partial charge in [-0.1, -0.05) is 29.8 Å². The number of imidazole rings is 1. The molecule has 0 aliphatic rings. The maximum absolute atomic E-state index is 13.2. The van der Waals surface area contributed by atoms with E-state index in [0.29, 0.717) is 11.4 Å². The molecule has 0 N–H and O–H groups in total. The van der Waals surface area contributed by atoms with E-state index in [0.717, 1.165) is 28.5 Å². The van der Waals surface area contributed by atoms with Gasteiger partial charge in [-0.25, -0.2) is 9.37 Å². The van der Waals surface area contributed by atoms with Crippen molar-refractivity contribution in [1.82, 2.24) is 14.5 Å². The summed E-state index contributed by atoms with van der Waals surface area (Å²) >= 11 is 6.01. The molecule has 2 aromatic carbocycles. The smallest absolute Gasteiger partial charge is 0.123 e. The summed E-state index contributed by atoms with van der Waals surface area (Å²) in [6.07, 6.45) is 4.29. The molecule has 4 rings (SSSR count). The molecule has 4 aromatic rings. The number of nitrogens with zero attached hydrogens (tertiary/aromatic N) is 3. The predicted molar refractivity (Wildman–Crippen MR) is 101 cm³/mol. The lowest BCUT2D eigenvalue weighted by Gasteiger charge is -2.08. The average Bonchev–Trinajstić information content (AvgIpc) is 3.09. The van der Waals surface area contributed by atoms with Crippen molar-refractivity contribution in [3.05, 3.63) is 101 Å². The predicted octanol–water partition coefficient (Wildman–Crippen LogP) is 5.32. The summed E-state index contributed by atoms with van der Waals surface area (Å²) in [5.74, 6) is 0.601. The van der Waals surface area contributed by atoms with Crippen LogP contribution in [-0.4, -0.2) is 14.5 Å². The second kappa shape index (κ2) is 7.10. The third kappa shape index (κ3) is 3.51. The summed E-state index contributed by atoms with van der Waals surface area (Å²) in [6, 6.07) is 19.8. The maximum Gasteiger partial charge on any atom is 0.123 e. The Bertz CT molecular complexity index is 1010. The molecule has 26 heavy (non-hydrogen) atoms. The van der Waals surface area contributed by atoms with Crippen LogP contribution in [0.5, 0.6) is 0 Å². The summed E-state index contributed by atoms with van der Waals surface area (Å²) in [5, 5.41) is 0.680. The number of rotatable bonds is 4. The van der Waals surface area contributed by atoms with E-state index in [1.165, 1.54) is 12.1 Å². The molecule has 0 aliphatic heterocycles. The fourth-order valence-electron chi connectivity index (χ4n) is 2.79. The minimum Gasteiger partial charge on any atom is -0.303 e. The Morgan fingerprint density at radius 1 is 0.885 bits per heavy atom. The molecule has 2 heterocycles. The van der Waals surface area contributed by atoms with Crippen molar-refractivity contribution in [3.63, 3.8) is 0 Å². The topological polar surface area (TPSA) is 30.7 Å². The van der Waals surface area contributed by atoms with Gasteiger partial charge in [-0.15, -0.1) is 0 Å². The van der Waals surface area contributed by atoms with Crippen LogP contribution in [0, 0.1) is 5.82 Å². The lowest BCUT2D eigenvalue weighted by atomic mass is 10.1. The number of benzene rings is 2. The van der Waals surface area contributed by atoms with Gasteiger partial charge < -0.3 is 4.57 Å². The van der Waals surface area contributed by atoms with E-state index in [2.05, 4.69) is 4.98 Å². The summed E-state index contributed by atoms with van der Waals surface area (Å²) in [6.45, 7) is 0. The van der Waals surface area contributed by atoms with E-state index in [1.54, 1.807) is 18.3 Å². The van der Waals surface area contributed by atoms with Crippen LogP contribution < -0.4 is 0 Å². The second-order valence-electron chi connectivity index (χ2n) is 5.91. The molecule has 0 saturated heterocycles. The van der Waals surface area contributed by atoms with Crippen LogP contribution in [0.3, 0.4) is 0 Å². The van der Waals surface area contributed by atoms with Crippen LogP contribution in [0.25, 0.3) is 17.1 Å². The Balaban J connectivity index is 1.78. The molecule has 0 unspecified atom stereocenters. The van der Waals surface area contributed by atoms with Crippen molar-refractivity contribution >= 4 is 11.6 Å². The first kappa shape index (κ1) is 16.5. The summed E-state index contributed by atoms with van der Waals surface area (Å²) in [4.78, 5) is 9.15. The minimum atomic E-state index is -0.246. The first-order valence-corrected chi connectivity index (χ1v) is 8.57. The minimum absolute atomic E-state index is 0.246. The van der Waals surface area contributed by atoms with Gasteiger partial charge in [0.1, 0.15) is 17.3 Å². The number of hydrogen-bond donors (Lipinski definition) is 0. The van der Waals surface area contributed by atoms with Crippen molar-refractivity contribution in [2.24, 2.45) is 0 Å². The fourth-order valence-corrected chi connectivity index (χ4v) is 2.92. The molecule has 0 amide bonds. The van der Waals surface area contributed by atoms with Crippen molar-refractivity contribution in [2.45, 2.75) is 6.42 Å². The second-order valence-corrected chi connectivity index (χ2v) is 6.34. The van der Waals surface area contributed by atoms with E-state index >= 15 is 0 Å². The molecule has 3 nitrogen and oxygen atoms in total. The van der Waals surface area contributed by atoms with E-state index in [1.807, 2.05) is 53.2 Å². The van der Waals surface area contributed by atoms with Gasteiger partial charge >= 0.3 is 0 Å². The molecular formula is C21H15ClFN3. The highest BCUT2D eigenvalue weighted by Gasteiger charge is 2.13. The zero-order valence-corrected chi connectivity index (χ0v) is 14.6. The highest BCUT2D eigenvalue weighted by molar-refractivity contribution is 6.30. The molecule has 2 aromatic heterocycles. The zero-order valence-electron chi connectivity index (χ0n) is 13.8. The Morgan fingerprint density at radius 2 is 1.65 bits per heavy atom. The Hall–Kier alpha value is -2.98. The summed E-state index contributed by atoms with van der Waals surface area (Å²) in [5.41, 5.74) is 3.54. The number of pyridine rings is 1. The summed E-state index contributed by atoms with van der Waals surface area (Å²) in [7, 11) is 0.